The Morgan fingerprint density at radius 3 is 2.08 bits per heavy atom. The predicted molar refractivity (Wildman–Crippen MR) is 150 cm³/mol. The molecule has 0 amide bonds. The number of carbonyl (C=O) groups is 1. The van der Waals surface area contributed by atoms with Crippen molar-refractivity contribution in [1.29, 1.82) is 0 Å². The summed E-state index contributed by atoms with van der Waals surface area (Å²) in [6.07, 6.45) is 0.800. The molecule has 6 heteroatoms. The monoisotopic (exact) mass is 515 g/mol. The SMILES string of the molecule is CN(C)CCOc1ccc(C(=C2CCOc3ccccc32)c2ccc(OCOC(=O)C(C)(C)C)cc2)cc1. The second kappa shape index (κ2) is 12.2. The molecule has 0 saturated heterocycles. The summed E-state index contributed by atoms with van der Waals surface area (Å²) in [5, 5.41) is 0. The van der Waals surface area contributed by atoms with E-state index >= 15 is 0 Å². The third kappa shape index (κ3) is 6.95. The van der Waals surface area contributed by atoms with Crippen LogP contribution >= 0.6 is 0 Å². The largest absolute Gasteiger partial charge is 0.493 e. The Hall–Kier alpha value is -3.77. The molecule has 0 saturated carbocycles. The quantitative estimate of drug-likeness (QED) is 0.246. The lowest BCUT2D eigenvalue weighted by molar-refractivity contribution is -0.159. The highest BCUT2D eigenvalue weighted by Gasteiger charge is 2.23. The number of rotatable bonds is 9. The molecular formula is C32H37NO5. The fourth-order valence-electron chi connectivity index (χ4n) is 4.16. The van der Waals surface area contributed by atoms with Crippen LogP contribution in [0.5, 0.6) is 17.2 Å². The molecule has 0 spiro atoms. The van der Waals surface area contributed by atoms with E-state index in [4.69, 9.17) is 18.9 Å². The van der Waals surface area contributed by atoms with Gasteiger partial charge in [-0.3, -0.25) is 4.79 Å². The van der Waals surface area contributed by atoms with Gasteiger partial charge < -0.3 is 23.8 Å². The molecule has 0 bridgehead atoms. The molecule has 0 aliphatic carbocycles. The highest BCUT2D eigenvalue weighted by molar-refractivity contribution is 6.00. The summed E-state index contributed by atoms with van der Waals surface area (Å²) in [7, 11) is 4.07. The van der Waals surface area contributed by atoms with E-state index in [0.29, 0.717) is 19.0 Å². The van der Waals surface area contributed by atoms with Gasteiger partial charge in [0.2, 0.25) is 6.79 Å². The Labute approximate surface area is 225 Å². The Balaban J connectivity index is 1.62. The normalized spacial score (nSPS) is 14.4. The molecule has 3 aromatic rings. The van der Waals surface area contributed by atoms with Crippen LogP contribution in [-0.2, 0) is 9.53 Å². The van der Waals surface area contributed by atoms with Crippen molar-refractivity contribution in [1.82, 2.24) is 4.90 Å². The van der Waals surface area contributed by atoms with E-state index in [9.17, 15) is 4.79 Å². The van der Waals surface area contributed by atoms with Gasteiger partial charge in [-0.05, 0) is 87.5 Å². The Morgan fingerprint density at radius 1 is 0.868 bits per heavy atom. The first-order chi connectivity index (χ1) is 18.2. The Bertz CT molecular complexity index is 1250. The van der Waals surface area contributed by atoms with Crippen LogP contribution in [0.4, 0.5) is 0 Å². The van der Waals surface area contributed by atoms with Crippen LogP contribution in [0.2, 0.25) is 0 Å². The molecule has 1 aliphatic heterocycles. The number of likely N-dealkylation sites (N-methyl/N-ethyl adjacent to an activating group) is 1. The molecule has 6 nitrogen and oxygen atoms in total. The van der Waals surface area contributed by atoms with E-state index in [-0.39, 0.29) is 12.8 Å². The summed E-state index contributed by atoms with van der Waals surface area (Å²) < 4.78 is 22.8. The topological polar surface area (TPSA) is 57.2 Å². The number of benzene rings is 3. The van der Waals surface area contributed by atoms with Crippen molar-refractivity contribution in [2.75, 3.05) is 40.6 Å². The molecule has 0 unspecified atom stereocenters. The van der Waals surface area contributed by atoms with Crippen molar-refractivity contribution in [2.24, 2.45) is 5.41 Å². The third-order valence-electron chi connectivity index (χ3n) is 6.24. The van der Waals surface area contributed by atoms with E-state index in [0.717, 1.165) is 46.7 Å². The van der Waals surface area contributed by atoms with E-state index in [1.807, 2.05) is 89.5 Å². The van der Waals surface area contributed by atoms with Gasteiger partial charge in [0.05, 0.1) is 12.0 Å². The summed E-state index contributed by atoms with van der Waals surface area (Å²) in [6.45, 7) is 7.45. The van der Waals surface area contributed by atoms with Crippen molar-refractivity contribution in [3.05, 3.63) is 89.5 Å². The Kier molecular flexibility index (Phi) is 8.74. The smallest absolute Gasteiger partial charge is 0.314 e. The van der Waals surface area contributed by atoms with Crippen LogP contribution in [-0.4, -0.2) is 51.5 Å². The molecule has 1 aliphatic rings. The highest BCUT2D eigenvalue weighted by Crippen LogP contribution is 2.41. The molecule has 38 heavy (non-hydrogen) atoms. The molecule has 0 radical (unpaired) electrons. The van der Waals surface area contributed by atoms with Crippen LogP contribution in [0.25, 0.3) is 11.1 Å². The summed E-state index contributed by atoms with van der Waals surface area (Å²) in [4.78, 5) is 14.1. The van der Waals surface area contributed by atoms with Crippen molar-refractivity contribution >= 4 is 17.1 Å². The minimum absolute atomic E-state index is 0.122. The number of nitrogens with zero attached hydrogens (tertiary/aromatic N) is 1. The molecule has 0 atom stereocenters. The summed E-state index contributed by atoms with van der Waals surface area (Å²) >= 11 is 0. The van der Waals surface area contributed by atoms with Gasteiger partial charge in [0, 0.05) is 18.5 Å². The average Bonchev–Trinajstić information content (AvgIpc) is 2.90. The minimum atomic E-state index is -0.568. The maximum absolute atomic E-state index is 12.0. The van der Waals surface area contributed by atoms with Crippen molar-refractivity contribution < 1.29 is 23.7 Å². The maximum atomic E-state index is 12.0. The van der Waals surface area contributed by atoms with Crippen molar-refractivity contribution in [3.8, 4) is 17.2 Å². The lowest BCUT2D eigenvalue weighted by Gasteiger charge is -2.24. The predicted octanol–water partition coefficient (Wildman–Crippen LogP) is 6.29. The molecular weight excluding hydrogens is 478 g/mol. The number of fused-ring (bicyclic) bond motifs is 1. The van der Waals surface area contributed by atoms with E-state index in [1.165, 1.54) is 5.57 Å². The van der Waals surface area contributed by atoms with Gasteiger partial charge in [-0.25, -0.2) is 0 Å². The molecule has 4 rings (SSSR count). The van der Waals surface area contributed by atoms with Gasteiger partial charge in [-0.15, -0.1) is 0 Å². The second-order valence-electron chi connectivity index (χ2n) is 10.6. The summed E-state index contributed by atoms with van der Waals surface area (Å²) in [5.41, 5.74) is 5.09. The van der Waals surface area contributed by atoms with Gasteiger partial charge in [0.15, 0.2) is 0 Å². The van der Waals surface area contributed by atoms with Gasteiger partial charge in [0.25, 0.3) is 0 Å². The summed E-state index contributed by atoms with van der Waals surface area (Å²) in [5.74, 6) is 2.08. The number of para-hydroxylation sites is 1. The maximum Gasteiger partial charge on any atom is 0.314 e. The number of hydrogen-bond acceptors (Lipinski definition) is 6. The molecule has 3 aromatic carbocycles. The average molecular weight is 516 g/mol. The van der Waals surface area contributed by atoms with Crippen LogP contribution in [0.1, 0.15) is 43.9 Å². The molecule has 1 heterocycles. The molecule has 0 fully saturated rings. The first-order valence-corrected chi connectivity index (χ1v) is 13.0. The minimum Gasteiger partial charge on any atom is -0.493 e. The van der Waals surface area contributed by atoms with Gasteiger partial charge in [0.1, 0.15) is 23.9 Å². The van der Waals surface area contributed by atoms with Crippen LogP contribution in [0, 0.1) is 5.41 Å². The van der Waals surface area contributed by atoms with Crippen LogP contribution in [0.3, 0.4) is 0 Å². The van der Waals surface area contributed by atoms with E-state index in [1.54, 1.807) is 0 Å². The summed E-state index contributed by atoms with van der Waals surface area (Å²) in [6, 6.07) is 24.4. The standard InChI is InChI=1S/C32H37NO5/c1-32(2,3)31(34)38-22-37-26-16-12-24(13-17-26)30(28-18-20-36-29-9-7-6-8-27(28)29)23-10-14-25(15-11-23)35-21-19-33(4)5/h6-17H,18-22H2,1-5H3. The fourth-order valence-corrected chi connectivity index (χ4v) is 4.16. The molecule has 0 N–H and O–H groups in total. The zero-order valence-corrected chi connectivity index (χ0v) is 23.0. The van der Waals surface area contributed by atoms with Crippen molar-refractivity contribution in [2.45, 2.75) is 27.2 Å². The molecule has 0 aromatic heterocycles. The first-order valence-electron chi connectivity index (χ1n) is 13.0. The molecule has 200 valence electrons. The van der Waals surface area contributed by atoms with E-state index in [2.05, 4.69) is 23.1 Å². The number of hydrogen-bond donors (Lipinski definition) is 0. The first kappa shape index (κ1) is 27.3. The van der Waals surface area contributed by atoms with Crippen molar-refractivity contribution in [3.63, 3.8) is 0 Å². The Morgan fingerprint density at radius 2 is 1.47 bits per heavy atom. The number of esters is 1. The van der Waals surface area contributed by atoms with Crippen LogP contribution in [0.15, 0.2) is 72.8 Å². The number of carbonyl (C=O) groups excluding carboxylic acids is 1. The fraction of sp³-hybridized carbons (Fsp3) is 0.344. The van der Waals surface area contributed by atoms with Gasteiger partial charge in [-0.1, -0.05) is 42.5 Å². The van der Waals surface area contributed by atoms with Gasteiger partial charge >= 0.3 is 5.97 Å². The number of ether oxygens (including phenoxy) is 4. The van der Waals surface area contributed by atoms with Gasteiger partial charge in [-0.2, -0.15) is 0 Å². The lowest BCUT2D eigenvalue weighted by atomic mass is 9.87. The zero-order chi connectivity index (χ0) is 27.1. The van der Waals surface area contributed by atoms with Crippen LogP contribution < -0.4 is 14.2 Å². The third-order valence-corrected chi connectivity index (χ3v) is 6.24. The van der Waals surface area contributed by atoms with E-state index < -0.39 is 5.41 Å². The highest BCUT2D eigenvalue weighted by atomic mass is 16.7. The second-order valence-corrected chi connectivity index (χ2v) is 10.6. The lowest BCUT2D eigenvalue weighted by Crippen LogP contribution is -2.24. The zero-order valence-electron chi connectivity index (χ0n) is 23.0.